The van der Waals surface area contributed by atoms with Gasteiger partial charge < -0.3 is 9.47 Å². The molecule has 5 nitrogen and oxygen atoms in total. The van der Waals surface area contributed by atoms with E-state index in [2.05, 4.69) is 6.92 Å². The maximum atomic E-state index is 12.8. The first-order valence-corrected chi connectivity index (χ1v) is 11.0. The van der Waals surface area contributed by atoms with Crippen molar-refractivity contribution in [1.82, 2.24) is 4.90 Å². The molecule has 0 saturated carbocycles. The zero-order valence-electron chi connectivity index (χ0n) is 18.0. The number of amidine groups is 1. The third-order valence-electron chi connectivity index (χ3n) is 4.85. The summed E-state index contributed by atoms with van der Waals surface area (Å²) >= 11 is 1.37. The van der Waals surface area contributed by atoms with Crippen LogP contribution in [-0.4, -0.2) is 36.7 Å². The highest BCUT2D eigenvalue weighted by Crippen LogP contribution is 2.38. The van der Waals surface area contributed by atoms with E-state index >= 15 is 0 Å². The fraction of sp³-hybridized carbons (Fsp3) is 0.333. The third kappa shape index (κ3) is 5.05. The number of carbonyl (C=O) groups is 1. The van der Waals surface area contributed by atoms with E-state index in [4.69, 9.17) is 14.5 Å². The van der Waals surface area contributed by atoms with Crippen molar-refractivity contribution in [2.75, 3.05) is 20.8 Å². The Morgan fingerprint density at radius 1 is 1.13 bits per heavy atom. The maximum Gasteiger partial charge on any atom is 0.266 e. The van der Waals surface area contributed by atoms with Gasteiger partial charge in [-0.2, -0.15) is 0 Å². The predicted molar refractivity (Wildman–Crippen MR) is 125 cm³/mol. The van der Waals surface area contributed by atoms with E-state index in [1.54, 1.807) is 19.1 Å². The Hall–Kier alpha value is -2.73. The van der Waals surface area contributed by atoms with Crippen molar-refractivity contribution >= 4 is 34.6 Å². The lowest BCUT2D eigenvalue weighted by Crippen LogP contribution is -2.23. The first-order valence-electron chi connectivity index (χ1n) is 10.2. The molecule has 1 aliphatic rings. The molecular formula is C24H28N2O3S. The maximum absolute atomic E-state index is 12.8. The van der Waals surface area contributed by atoms with E-state index in [1.807, 2.05) is 55.5 Å². The Labute approximate surface area is 182 Å². The highest BCUT2D eigenvalue weighted by atomic mass is 32.2. The largest absolute Gasteiger partial charge is 0.493 e. The molecule has 0 radical (unpaired) electrons. The molecule has 0 bridgehead atoms. The van der Waals surface area contributed by atoms with E-state index in [0.717, 1.165) is 36.1 Å². The van der Waals surface area contributed by atoms with Gasteiger partial charge in [0.25, 0.3) is 5.91 Å². The molecule has 1 amide bonds. The Kier molecular flexibility index (Phi) is 7.57. The zero-order chi connectivity index (χ0) is 21.5. The van der Waals surface area contributed by atoms with Gasteiger partial charge in [0.2, 0.25) is 0 Å². The van der Waals surface area contributed by atoms with Crippen molar-refractivity contribution in [1.29, 1.82) is 0 Å². The quantitative estimate of drug-likeness (QED) is 0.397. The second kappa shape index (κ2) is 10.3. The number of likely N-dealkylation sites (N-methyl/N-ethyl adjacent to an activating group) is 1. The normalized spacial score (nSPS) is 16.5. The summed E-state index contributed by atoms with van der Waals surface area (Å²) in [7, 11) is 3.38. The molecule has 1 saturated heterocycles. The van der Waals surface area contributed by atoms with Crippen molar-refractivity contribution in [3.8, 4) is 11.5 Å². The van der Waals surface area contributed by atoms with Crippen LogP contribution in [0.25, 0.3) is 6.08 Å². The number of carbonyl (C=O) groups excluding carboxylic acids is 1. The summed E-state index contributed by atoms with van der Waals surface area (Å²) < 4.78 is 11.5. The van der Waals surface area contributed by atoms with Gasteiger partial charge in [-0.3, -0.25) is 9.69 Å². The van der Waals surface area contributed by atoms with E-state index in [1.165, 1.54) is 11.8 Å². The number of hydrogen-bond donors (Lipinski definition) is 0. The minimum absolute atomic E-state index is 0.0768. The molecule has 1 aliphatic heterocycles. The number of unbranched alkanes of at least 4 members (excludes halogenated alkanes) is 2. The minimum Gasteiger partial charge on any atom is -0.493 e. The lowest BCUT2D eigenvalue weighted by molar-refractivity contribution is -0.121. The second-order valence-corrected chi connectivity index (χ2v) is 8.10. The smallest absolute Gasteiger partial charge is 0.266 e. The summed E-state index contributed by atoms with van der Waals surface area (Å²) in [6.07, 6.45) is 5.09. The van der Waals surface area contributed by atoms with Crippen LogP contribution in [0.15, 0.2) is 52.4 Å². The number of ether oxygens (including phenoxy) is 2. The second-order valence-electron chi connectivity index (χ2n) is 7.09. The molecule has 30 heavy (non-hydrogen) atoms. The molecular weight excluding hydrogens is 396 g/mol. The number of para-hydroxylation sites is 2. The number of thioether (sulfide) groups is 1. The first-order chi connectivity index (χ1) is 14.5. The summed E-state index contributed by atoms with van der Waals surface area (Å²) in [6, 6.07) is 13.6. The molecule has 2 aromatic carbocycles. The van der Waals surface area contributed by atoms with Crippen molar-refractivity contribution < 1.29 is 14.3 Å². The molecule has 1 heterocycles. The predicted octanol–water partition coefficient (Wildman–Crippen LogP) is 5.81. The Morgan fingerprint density at radius 2 is 1.93 bits per heavy atom. The van der Waals surface area contributed by atoms with Crippen LogP contribution in [0, 0.1) is 6.92 Å². The summed E-state index contributed by atoms with van der Waals surface area (Å²) in [4.78, 5) is 19.7. The molecule has 1 fully saturated rings. The van der Waals surface area contributed by atoms with Crippen LogP contribution in [0.5, 0.6) is 11.5 Å². The highest BCUT2D eigenvalue weighted by Gasteiger charge is 2.31. The van der Waals surface area contributed by atoms with E-state index < -0.39 is 0 Å². The average molecular weight is 425 g/mol. The van der Waals surface area contributed by atoms with E-state index in [-0.39, 0.29) is 5.91 Å². The number of benzene rings is 2. The number of rotatable bonds is 8. The van der Waals surface area contributed by atoms with Crippen LogP contribution < -0.4 is 9.47 Å². The summed E-state index contributed by atoms with van der Waals surface area (Å²) in [6.45, 7) is 4.79. The number of aliphatic imine (C=N–C) groups is 1. The third-order valence-corrected chi connectivity index (χ3v) is 5.91. The van der Waals surface area contributed by atoms with Gasteiger partial charge in [-0.05, 0) is 48.9 Å². The minimum atomic E-state index is -0.0768. The van der Waals surface area contributed by atoms with Crippen LogP contribution in [0.2, 0.25) is 0 Å². The fourth-order valence-corrected chi connectivity index (χ4v) is 4.04. The van der Waals surface area contributed by atoms with Crippen molar-refractivity contribution in [2.24, 2.45) is 4.99 Å². The SMILES string of the molecule is CCCCCOc1c(/C=C2/SC(=Nc3ccccc3C)N(C)C2=O)cccc1OC. The van der Waals surface area contributed by atoms with Gasteiger partial charge >= 0.3 is 0 Å². The molecule has 158 valence electrons. The van der Waals surface area contributed by atoms with Crippen LogP contribution in [-0.2, 0) is 4.79 Å². The van der Waals surface area contributed by atoms with Gasteiger partial charge in [0.1, 0.15) is 0 Å². The van der Waals surface area contributed by atoms with Crippen LogP contribution in [0.3, 0.4) is 0 Å². The lowest BCUT2D eigenvalue weighted by Gasteiger charge is -2.13. The van der Waals surface area contributed by atoms with Gasteiger partial charge in [0, 0.05) is 12.6 Å². The number of aryl methyl sites for hydroxylation is 1. The number of amides is 1. The Balaban J connectivity index is 1.89. The van der Waals surface area contributed by atoms with Crippen molar-refractivity contribution in [3.63, 3.8) is 0 Å². The summed E-state index contributed by atoms with van der Waals surface area (Å²) in [5.74, 6) is 1.26. The van der Waals surface area contributed by atoms with Gasteiger partial charge in [-0.25, -0.2) is 4.99 Å². The summed E-state index contributed by atoms with van der Waals surface area (Å²) in [5, 5.41) is 0.661. The monoisotopic (exact) mass is 424 g/mol. The van der Waals surface area contributed by atoms with E-state index in [0.29, 0.717) is 28.2 Å². The molecule has 0 aromatic heterocycles. The Bertz CT molecular complexity index is 969. The molecule has 3 rings (SSSR count). The van der Waals surface area contributed by atoms with Gasteiger partial charge in [0.15, 0.2) is 16.7 Å². The number of hydrogen-bond acceptors (Lipinski definition) is 5. The molecule has 0 aliphatic carbocycles. The molecule has 2 aromatic rings. The van der Waals surface area contributed by atoms with Gasteiger partial charge in [-0.1, -0.05) is 50.1 Å². The molecule has 0 unspecified atom stereocenters. The summed E-state index contributed by atoms with van der Waals surface area (Å²) in [5.41, 5.74) is 2.76. The lowest BCUT2D eigenvalue weighted by atomic mass is 10.1. The van der Waals surface area contributed by atoms with Gasteiger partial charge in [0.05, 0.1) is 24.3 Å². The standard InChI is InChI=1S/C24H28N2O3S/c1-5-6-9-15-29-22-18(12-10-14-20(22)28-4)16-21-23(27)26(3)24(30-21)25-19-13-8-7-11-17(19)2/h7-8,10-14,16H,5-6,9,15H2,1-4H3/b21-16+,25-24?. The average Bonchev–Trinajstić information content (AvgIpc) is 3.01. The first kappa shape index (κ1) is 22.0. The van der Waals surface area contributed by atoms with Crippen molar-refractivity contribution in [3.05, 3.63) is 58.5 Å². The molecule has 6 heteroatoms. The molecule has 0 atom stereocenters. The topological polar surface area (TPSA) is 51.1 Å². The fourth-order valence-electron chi connectivity index (χ4n) is 3.07. The van der Waals surface area contributed by atoms with Crippen LogP contribution in [0.1, 0.15) is 37.3 Å². The molecule has 0 N–H and O–H groups in total. The van der Waals surface area contributed by atoms with Gasteiger partial charge in [-0.15, -0.1) is 0 Å². The van der Waals surface area contributed by atoms with Crippen LogP contribution in [0.4, 0.5) is 5.69 Å². The number of methoxy groups -OCH3 is 1. The molecule has 0 spiro atoms. The van der Waals surface area contributed by atoms with E-state index in [9.17, 15) is 4.79 Å². The highest BCUT2D eigenvalue weighted by molar-refractivity contribution is 8.18. The van der Waals surface area contributed by atoms with Crippen LogP contribution >= 0.6 is 11.8 Å². The Morgan fingerprint density at radius 3 is 2.67 bits per heavy atom. The zero-order valence-corrected chi connectivity index (χ0v) is 18.8. The number of nitrogens with zero attached hydrogens (tertiary/aromatic N) is 2. The van der Waals surface area contributed by atoms with Crippen molar-refractivity contribution in [2.45, 2.75) is 33.1 Å².